The van der Waals surface area contributed by atoms with E-state index in [9.17, 15) is 9.50 Å². The van der Waals surface area contributed by atoms with Crippen molar-refractivity contribution in [3.8, 4) is 17.1 Å². The molecule has 4 nitrogen and oxygen atoms in total. The first-order valence-electron chi connectivity index (χ1n) is 7.06. The second kappa shape index (κ2) is 5.55. The minimum absolute atomic E-state index is 0.227. The van der Waals surface area contributed by atoms with Gasteiger partial charge in [0.05, 0.1) is 5.70 Å². The number of nitrogens with zero attached hydrogens (tertiary/aromatic N) is 3. The van der Waals surface area contributed by atoms with Gasteiger partial charge in [0.15, 0.2) is 11.0 Å². The standard InChI is InChI=1S/C17H12FN3OS/c18-13-5-1-12(2-6-13)16-19-17-21(20-16)15(9-10-23-17)11-3-7-14(22)8-4-11/h1-9,22H,10H2. The summed E-state index contributed by atoms with van der Waals surface area (Å²) in [6.45, 7) is 0. The second-order valence-corrected chi connectivity index (χ2v) is 6.07. The molecule has 1 aliphatic rings. The van der Waals surface area contributed by atoms with Gasteiger partial charge in [-0.3, -0.25) is 0 Å². The molecule has 0 saturated heterocycles. The molecule has 6 heteroatoms. The molecule has 1 N–H and O–H groups in total. The lowest BCUT2D eigenvalue weighted by Gasteiger charge is -2.14. The molecular weight excluding hydrogens is 313 g/mol. The molecular formula is C17H12FN3OS. The van der Waals surface area contributed by atoms with Crippen molar-refractivity contribution in [1.82, 2.24) is 14.8 Å². The summed E-state index contributed by atoms with van der Waals surface area (Å²) < 4.78 is 14.9. The highest BCUT2D eigenvalue weighted by Gasteiger charge is 2.19. The van der Waals surface area contributed by atoms with E-state index in [0.717, 1.165) is 27.7 Å². The molecule has 0 unspecified atom stereocenters. The lowest BCUT2D eigenvalue weighted by Crippen LogP contribution is -2.07. The summed E-state index contributed by atoms with van der Waals surface area (Å²) >= 11 is 1.60. The zero-order valence-corrected chi connectivity index (χ0v) is 12.8. The van der Waals surface area contributed by atoms with Gasteiger partial charge in [-0.05, 0) is 54.6 Å². The van der Waals surface area contributed by atoms with Crippen molar-refractivity contribution in [2.45, 2.75) is 5.16 Å². The number of fused-ring (bicyclic) bond motifs is 1. The van der Waals surface area contributed by atoms with Gasteiger partial charge >= 0.3 is 0 Å². The zero-order valence-electron chi connectivity index (χ0n) is 12.0. The molecule has 23 heavy (non-hydrogen) atoms. The van der Waals surface area contributed by atoms with Crippen molar-refractivity contribution in [3.05, 3.63) is 66.0 Å². The van der Waals surface area contributed by atoms with Crippen LogP contribution >= 0.6 is 11.8 Å². The number of hydrogen-bond donors (Lipinski definition) is 1. The number of aromatic hydroxyl groups is 1. The Hall–Kier alpha value is -2.60. The SMILES string of the molecule is Oc1ccc(C2=CCSc3nc(-c4ccc(F)cc4)nn32)cc1. The number of phenols is 1. The Balaban J connectivity index is 1.76. The topological polar surface area (TPSA) is 50.9 Å². The summed E-state index contributed by atoms with van der Waals surface area (Å²) in [4.78, 5) is 4.55. The molecule has 0 atom stereocenters. The third-order valence-corrected chi connectivity index (χ3v) is 4.42. The monoisotopic (exact) mass is 325 g/mol. The predicted molar refractivity (Wildman–Crippen MR) is 87.6 cm³/mol. The maximum Gasteiger partial charge on any atom is 0.191 e. The van der Waals surface area contributed by atoms with Gasteiger partial charge in [-0.15, -0.1) is 5.10 Å². The lowest BCUT2D eigenvalue weighted by molar-refractivity contribution is 0.475. The summed E-state index contributed by atoms with van der Waals surface area (Å²) in [6, 6.07) is 13.1. The average molecular weight is 325 g/mol. The lowest BCUT2D eigenvalue weighted by atomic mass is 10.1. The quantitative estimate of drug-likeness (QED) is 0.779. The van der Waals surface area contributed by atoms with Crippen molar-refractivity contribution in [1.29, 1.82) is 0 Å². The molecule has 0 radical (unpaired) electrons. The first-order valence-corrected chi connectivity index (χ1v) is 8.05. The number of phenolic OH excluding ortho intramolecular Hbond substituents is 1. The normalized spacial score (nSPS) is 13.5. The first-order chi connectivity index (χ1) is 11.2. The molecule has 4 rings (SSSR count). The summed E-state index contributed by atoms with van der Waals surface area (Å²) in [5.41, 5.74) is 2.67. The molecule has 0 bridgehead atoms. The maximum absolute atomic E-state index is 13.1. The number of aromatic nitrogens is 3. The van der Waals surface area contributed by atoms with E-state index < -0.39 is 0 Å². The Labute approximate surface area is 136 Å². The van der Waals surface area contributed by atoms with Crippen molar-refractivity contribution in [2.24, 2.45) is 0 Å². The van der Waals surface area contributed by atoms with Crippen molar-refractivity contribution >= 4 is 17.5 Å². The molecule has 2 aromatic carbocycles. The van der Waals surface area contributed by atoms with Crippen LogP contribution in [0, 0.1) is 5.82 Å². The van der Waals surface area contributed by atoms with Gasteiger partial charge < -0.3 is 5.11 Å². The highest BCUT2D eigenvalue weighted by molar-refractivity contribution is 7.99. The van der Waals surface area contributed by atoms with E-state index in [0.29, 0.717) is 5.82 Å². The van der Waals surface area contributed by atoms with Crippen LogP contribution in [0.2, 0.25) is 0 Å². The van der Waals surface area contributed by atoms with Gasteiger partial charge in [0.2, 0.25) is 0 Å². The second-order valence-electron chi connectivity index (χ2n) is 5.08. The zero-order chi connectivity index (χ0) is 15.8. The van der Waals surface area contributed by atoms with Crippen molar-refractivity contribution in [3.63, 3.8) is 0 Å². The van der Waals surface area contributed by atoms with Crippen LogP contribution in [0.15, 0.2) is 59.8 Å². The molecule has 0 spiro atoms. The third kappa shape index (κ3) is 2.61. The molecule has 2 heterocycles. The van der Waals surface area contributed by atoms with Crippen LogP contribution in [-0.2, 0) is 0 Å². The molecule has 1 aliphatic heterocycles. The fraction of sp³-hybridized carbons (Fsp3) is 0.0588. The van der Waals surface area contributed by atoms with Crippen LogP contribution in [-0.4, -0.2) is 25.6 Å². The number of rotatable bonds is 2. The van der Waals surface area contributed by atoms with Gasteiger partial charge in [0, 0.05) is 16.9 Å². The van der Waals surface area contributed by atoms with Gasteiger partial charge in [0.25, 0.3) is 0 Å². The first kappa shape index (κ1) is 14.0. The van der Waals surface area contributed by atoms with Gasteiger partial charge in [-0.2, -0.15) is 0 Å². The van der Waals surface area contributed by atoms with E-state index in [4.69, 9.17) is 0 Å². The fourth-order valence-corrected chi connectivity index (χ4v) is 3.23. The largest absolute Gasteiger partial charge is 0.508 e. The van der Waals surface area contributed by atoms with Crippen LogP contribution in [0.1, 0.15) is 5.56 Å². The van der Waals surface area contributed by atoms with Gasteiger partial charge in [0.1, 0.15) is 11.6 Å². The summed E-state index contributed by atoms with van der Waals surface area (Å²) in [7, 11) is 0. The average Bonchev–Trinajstić information content (AvgIpc) is 3.00. The van der Waals surface area contributed by atoms with Crippen LogP contribution in [0.5, 0.6) is 5.75 Å². The van der Waals surface area contributed by atoms with Crippen molar-refractivity contribution < 1.29 is 9.50 Å². The summed E-state index contributed by atoms with van der Waals surface area (Å²) in [6.07, 6.45) is 2.08. The summed E-state index contributed by atoms with van der Waals surface area (Å²) in [5.74, 6) is 1.32. The number of hydrogen-bond acceptors (Lipinski definition) is 4. The van der Waals surface area contributed by atoms with E-state index >= 15 is 0 Å². The highest BCUT2D eigenvalue weighted by Crippen LogP contribution is 2.31. The molecule has 0 saturated carbocycles. The molecule has 0 amide bonds. The Morgan fingerprint density at radius 3 is 2.43 bits per heavy atom. The maximum atomic E-state index is 13.1. The number of thioether (sulfide) groups is 1. The van der Waals surface area contributed by atoms with E-state index in [-0.39, 0.29) is 11.6 Å². The van der Waals surface area contributed by atoms with Crippen LogP contribution in [0.4, 0.5) is 4.39 Å². The Bertz CT molecular complexity index is 885. The highest BCUT2D eigenvalue weighted by atomic mass is 32.2. The van der Waals surface area contributed by atoms with Gasteiger partial charge in [-0.1, -0.05) is 11.8 Å². The minimum Gasteiger partial charge on any atom is -0.508 e. The molecule has 3 aromatic rings. The Morgan fingerprint density at radius 1 is 1.00 bits per heavy atom. The van der Waals surface area contributed by atoms with E-state index in [1.807, 2.05) is 12.1 Å². The van der Waals surface area contributed by atoms with E-state index in [1.54, 1.807) is 40.7 Å². The van der Waals surface area contributed by atoms with E-state index in [1.165, 1.54) is 12.1 Å². The fourth-order valence-electron chi connectivity index (χ4n) is 2.42. The van der Waals surface area contributed by atoms with Crippen LogP contribution < -0.4 is 0 Å². The van der Waals surface area contributed by atoms with Crippen LogP contribution in [0.3, 0.4) is 0 Å². The van der Waals surface area contributed by atoms with E-state index in [2.05, 4.69) is 16.2 Å². The molecule has 114 valence electrons. The third-order valence-electron chi connectivity index (χ3n) is 3.56. The Kier molecular flexibility index (Phi) is 3.38. The van der Waals surface area contributed by atoms with Crippen molar-refractivity contribution in [2.75, 3.05) is 5.75 Å². The smallest absolute Gasteiger partial charge is 0.191 e. The number of halogens is 1. The predicted octanol–water partition coefficient (Wildman–Crippen LogP) is 3.78. The molecule has 0 fully saturated rings. The molecule has 1 aromatic heterocycles. The van der Waals surface area contributed by atoms with Gasteiger partial charge in [-0.25, -0.2) is 14.1 Å². The molecule has 0 aliphatic carbocycles. The minimum atomic E-state index is -0.281. The summed E-state index contributed by atoms with van der Waals surface area (Å²) in [5, 5.41) is 14.8. The number of benzene rings is 2. The van der Waals surface area contributed by atoms with Crippen LogP contribution in [0.25, 0.3) is 17.1 Å². The Morgan fingerprint density at radius 2 is 1.70 bits per heavy atom.